The largest absolute Gasteiger partial charge is 0.497 e. The van der Waals surface area contributed by atoms with Crippen LogP contribution in [0.1, 0.15) is 30.0 Å². The minimum absolute atomic E-state index is 0.405. The summed E-state index contributed by atoms with van der Waals surface area (Å²) in [5.41, 5.74) is 4.62. The number of benzene rings is 1. The maximum atomic E-state index is 5.33. The summed E-state index contributed by atoms with van der Waals surface area (Å²) in [5.74, 6) is 2.98. The molecule has 1 aliphatic heterocycles. The molecule has 0 amide bonds. The first-order chi connectivity index (χ1) is 15.6. The molecule has 1 aliphatic rings. The number of pyridine rings is 1. The van der Waals surface area contributed by atoms with E-state index < -0.39 is 0 Å². The zero-order chi connectivity index (χ0) is 22.5. The quantitative estimate of drug-likeness (QED) is 0.604. The molecule has 7 nitrogen and oxygen atoms in total. The summed E-state index contributed by atoms with van der Waals surface area (Å²) in [6, 6.07) is 12.3. The van der Waals surface area contributed by atoms with Gasteiger partial charge in [0.2, 0.25) is 5.95 Å². The lowest BCUT2D eigenvalue weighted by Gasteiger charge is -2.33. The number of hydrogen-bond donors (Lipinski definition) is 1. The molecule has 0 spiro atoms. The van der Waals surface area contributed by atoms with E-state index >= 15 is 0 Å². The minimum Gasteiger partial charge on any atom is -0.497 e. The average Bonchev–Trinajstić information content (AvgIpc) is 2.84. The van der Waals surface area contributed by atoms with Gasteiger partial charge in [-0.25, -0.2) is 15.0 Å². The molecule has 32 heavy (non-hydrogen) atoms. The number of piperidine rings is 1. The molecular weight excluding hydrogens is 400 g/mol. The highest BCUT2D eigenvalue weighted by Crippen LogP contribution is 2.35. The van der Waals surface area contributed by atoms with Crippen LogP contribution in [-0.4, -0.2) is 61.2 Å². The fourth-order valence-electron chi connectivity index (χ4n) is 4.30. The zero-order valence-corrected chi connectivity index (χ0v) is 19.4. The molecule has 7 heteroatoms. The summed E-state index contributed by atoms with van der Waals surface area (Å²) in [5, 5.41) is 3.20. The molecule has 0 atom stereocenters. The van der Waals surface area contributed by atoms with Crippen LogP contribution in [0.15, 0.2) is 48.8 Å². The molecule has 168 valence electrons. The third-order valence-electron chi connectivity index (χ3n) is 6.10. The summed E-state index contributed by atoms with van der Waals surface area (Å²) in [6.07, 6.45) is 5.95. The second kappa shape index (κ2) is 9.96. The molecule has 0 unspecified atom stereocenters. The van der Waals surface area contributed by atoms with Crippen LogP contribution in [0.3, 0.4) is 0 Å². The smallest absolute Gasteiger partial charge is 0.225 e. The second-order valence-electron chi connectivity index (χ2n) is 8.40. The fourth-order valence-corrected chi connectivity index (χ4v) is 4.30. The van der Waals surface area contributed by atoms with Gasteiger partial charge >= 0.3 is 0 Å². The lowest BCUT2D eigenvalue weighted by atomic mass is 9.88. The van der Waals surface area contributed by atoms with Gasteiger partial charge in [0.05, 0.1) is 12.8 Å². The Morgan fingerprint density at radius 2 is 1.84 bits per heavy atom. The van der Waals surface area contributed by atoms with E-state index in [0.717, 1.165) is 66.8 Å². The van der Waals surface area contributed by atoms with Gasteiger partial charge in [0.1, 0.15) is 11.6 Å². The molecule has 2 aromatic heterocycles. The maximum absolute atomic E-state index is 5.33. The van der Waals surface area contributed by atoms with Gasteiger partial charge in [-0.15, -0.1) is 0 Å². The molecule has 1 fully saturated rings. The Balaban J connectivity index is 1.54. The van der Waals surface area contributed by atoms with Crippen LogP contribution in [0, 0.1) is 0 Å². The van der Waals surface area contributed by atoms with Crippen LogP contribution in [-0.2, 0) is 6.54 Å². The van der Waals surface area contributed by atoms with Gasteiger partial charge in [-0.3, -0.25) is 4.90 Å². The average molecular weight is 433 g/mol. The second-order valence-corrected chi connectivity index (χ2v) is 8.40. The van der Waals surface area contributed by atoms with Crippen molar-refractivity contribution >= 4 is 11.8 Å². The first-order valence-corrected chi connectivity index (χ1v) is 11.1. The van der Waals surface area contributed by atoms with Crippen LogP contribution in [0.5, 0.6) is 5.75 Å². The molecule has 0 saturated carbocycles. The van der Waals surface area contributed by atoms with E-state index in [2.05, 4.69) is 38.4 Å². The SMILES string of the molecule is CNc1ncccc1CN1CCC(c2nc(N(C)C)ncc2-c2ccc(OC)cc2)CC1. The molecule has 4 rings (SSSR count). The predicted molar refractivity (Wildman–Crippen MR) is 129 cm³/mol. The molecule has 1 aromatic carbocycles. The van der Waals surface area contributed by atoms with Crippen LogP contribution < -0.4 is 15.0 Å². The number of ether oxygens (including phenoxy) is 1. The third-order valence-corrected chi connectivity index (χ3v) is 6.10. The third kappa shape index (κ3) is 4.83. The van der Waals surface area contributed by atoms with Gasteiger partial charge in [0, 0.05) is 57.1 Å². The summed E-state index contributed by atoms with van der Waals surface area (Å²) in [6.45, 7) is 2.98. The van der Waals surface area contributed by atoms with Gasteiger partial charge < -0.3 is 15.0 Å². The fraction of sp³-hybridized carbons (Fsp3) is 0.400. The number of hydrogen-bond acceptors (Lipinski definition) is 7. The van der Waals surface area contributed by atoms with Crippen molar-refractivity contribution in [3.05, 3.63) is 60.0 Å². The van der Waals surface area contributed by atoms with Crippen molar-refractivity contribution in [2.75, 3.05) is 51.6 Å². The highest BCUT2D eigenvalue weighted by molar-refractivity contribution is 5.67. The normalized spacial score (nSPS) is 14.9. The molecule has 1 saturated heterocycles. The number of rotatable bonds is 7. The number of nitrogens with one attached hydrogen (secondary N) is 1. The number of likely N-dealkylation sites (tertiary alicyclic amines) is 1. The van der Waals surface area contributed by atoms with E-state index in [0.29, 0.717) is 5.92 Å². The van der Waals surface area contributed by atoms with E-state index in [1.54, 1.807) is 7.11 Å². The Bertz CT molecular complexity index is 1030. The summed E-state index contributed by atoms with van der Waals surface area (Å²) < 4.78 is 5.33. The van der Waals surface area contributed by atoms with E-state index in [9.17, 15) is 0 Å². The topological polar surface area (TPSA) is 66.4 Å². The van der Waals surface area contributed by atoms with Crippen LogP contribution in [0.25, 0.3) is 11.1 Å². The number of methoxy groups -OCH3 is 1. The maximum Gasteiger partial charge on any atom is 0.225 e. The van der Waals surface area contributed by atoms with Crippen molar-refractivity contribution in [1.82, 2.24) is 19.9 Å². The summed E-state index contributed by atoms with van der Waals surface area (Å²) in [7, 11) is 7.59. The number of aromatic nitrogens is 3. The predicted octanol–water partition coefficient (Wildman–Crippen LogP) is 4.03. The van der Waals surface area contributed by atoms with Crippen molar-refractivity contribution < 1.29 is 4.74 Å². The molecule has 1 N–H and O–H groups in total. The standard InChI is InChI=1S/C25H32N6O/c1-26-24-20(6-5-13-27-24)17-31-14-11-19(12-15-31)23-22(16-28-25(29-23)30(2)3)18-7-9-21(32-4)10-8-18/h5-10,13,16,19H,11-12,14-15,17H2,1-4H3,(H,26,27). The van der Waals surface area contributed by atoms with Crippen molar-refractivity contribution in [3.63, 3.8) is 0 Å². The lowest BCUT2D eigenvalue weighted by molar-refractivity contribution is 0.203. The van der Waals surface area contributed by atoms with Gasteiger partial charge in [0.25, 0.3) is 0 Å². The Hall–Kier alpha value is -3.19. The molecule has 0 aliphatic carbocycles. The Kier molecular flexibility index (Phi) is 6.85. The van der Waals surface area contributed by atoms with E-state index in [1.807, 2.05) is 56.6 Å². The lowest BCUT2D eigenvalue weighted by Crippen LogP contribution is -2.33. The highest BCUT2D eigenvalue weighted by atomic mass is 16.5. The monoisotopic (exact) mass is 432 g/mol. The van der Waals surface area contributed by atoms with Gasteiger partial charge in [-0.2, -0.15) is 0 Å². The molecule has 0 bridgehead atoms. The van der Waals surface area contributed by atoms with Gasteiger partial charge in [-0.1, -0.05) is 18.2 Å². The van der Waals surface area contributed by atoms with E-state index in [1.165, 1.54) is 5.56 Å². The Morgan fingerprint density at radius 1 is 1.09 bits per heavy atom. The van der Waals surface area contributed by atoms with Crippen molar-refractivity contribution in [3.8, 4) is 16.9 Å². The van der Waals surface area contributed by atoms with Gasteiger partial charge in [0.15, 0.2) is 0 Å². The summed E-state index contributed by atoms with van der Waals surface area (Å²) in [4.78, 5) is 18.5. The zero-order valence-electron chi connectivity index (χ0n) is 19.4. The number of nitrogens with zero attached hydrogens (tertiary/aromatic N) is 5. The highest BCUT2D eigenvalue weighted by Gasteiger charge is 2.26. The van der Waals surface area contributed by atoms with Crippen molar-refractivity contribution in [1.29, 1.82) is 0 Å². The van der Waals surface area contributed by atoms with Crippen LogP contribution in [0.2, 0.25) is 0 Å². The van der Waals surface area contributed by atoms with Crippen molar-refractivity contribution in [2.24, 2.45) is 0 Å². The van der Waals surface area contributed by atoms with E-state index in [-0.39, 0.29) is 0 Å². The Morgan fingerprint density at radius 3 is 2.50 bits per heavy atom. The molecule has 0 radical (unpaired) electrons. The van der Waals surface area contributed by atoms with Crippen molar-refractivity contribution in [2.45, 2.75) is 25.3 Å². The van der Waals surface area contributed by atoms with Gasteiger partial charge in [-0.05, 0) is 49.7 Å². The Labute approximate surface area is 190 Å². The molecule has 3 aromatic rings. The molecular formula is C25H32N6O. The van der Waals surface area contributed by atoms with E-state index in [4.69, 9.17) is 9.72 Å². The number of anilines is 2. The van der Waals surface area contributed by atoms with Crippen LogP contribution >= 0.6 is 0 Å². The summed E-state index contributed by atoms with van der Waals surface area (Å²) >= 11 is 0. The first kappa shape index (κ1) is 22.0. The minimum atomic E-state index is 0.405. The van der Waals surface area contributed by atoms with Crippen LogP contribution in [0.4, 0.5) is 11.8 Å². The first-order valence-electron chi connectivity index (χ1n) is 11.1. The molecule has 3 heterocycles.